The third-order valence-electron chi connectivity index (χ3n) is 3.96. The number of fused-ring (bicyclic) bond motifs is 1. The zero-order valence-corrected chi connectivity index (χ0v) is 14.4. The summed E-state index contributed by atoms with van der Waals surface area (Å²) in [5.41, 5.74) is -0.480. The van der Waals surface area contributed by atoms with Crippen LogP contribution in [0, 0.1) is 0 Å². The van der Waals surface area contributed by atoms with Gasteiger partial charge in [-0.1, -0.05) is 0 Å². The van der Waals surface area contributed by atoms with Gasteiger partial charge in [-0.15, -0.1) is 0 Å². The molecule has 0 spiro atoms. The minimum atomic E-state index is -1.37. The molecule has 3 rings (SSSR count). The molecule has 134 valence electrons. The first-order chi connectivity index (χ1) is 12.5. The summed E-state index contributed by atoms with van der Waals surface area (Å²) in [6, 6.07) is 9.33. The molecule has 3 aromatic rings. The van der Waals surface area contributed by atoms with Gasteiger partial charge in [-0.05, 0) is 30.3 Å². The monoisotopic (exact) mass is 356 g/mol. The average Bonchev–Trinajstić information content (AvgIpc) is 2.66. The first kappa shape index (κ1) is 17.3. The number of hydrogen-bond acceptors (Lipinski definition) is 6. The number of carboxylic acid groups (broad SMARTS) is 1. The van der Waals surface area contributed by atoms with Crippen LogP contribution in [0.25, 0.3) is 22.3 Å². The molecule has 0 amide bonds. The molecule has 0 aliphatic heterocycles. The highest BCUT2D eigenvalue weighted by atomic mass is 16.5. The molecule has 0 saturated carbocycles. The predicted molar refractivity (Wildman–Crippen MR) is 94.5 cm³/mol. The lowest BCUT2D eigenvalue weighted by Gasteiger charge is -2.11. The van der Waals surface area contributed by atoms with Crippen molar-refractivity contribution in [2.75, 3.05) is 21.3 Å². The van der Waals surface area contributed by atoms with Gasteiger partial charge >= 0.3 is 5.97 Å². The molecule has 0 unspecified atom stereocenters. The van der Waals surface area contributed by atoms with Gasteiger partial charge in [0.1, 0.15) is 11.3 Å². The molecule has 2 aromatic carbocycles. The lowest BCUT2D eigenvalue weighted by molar-refractivity contribution is 0.0694. The highest BCUT2D eigenvalue weighted by Crippen LogP contribution is 2.34. The number of rotatable bonds is 5. The van der Waals surface area contributed by atoms with E-state index >= 15 is 0 Å². The van der Waals surface area contributed by atoms with E-state index in [1.807, 2.05) is 0 Å². The van der Waals surface area contributed by atoms with Crippen LogP contribution in [-0.4, -0.2) is 32.4 Å². The zero-order chi connectivity index (χ0) is 18.8. The van der Waals surface area contributed by atoms with Crippen molar-refractivity contribution < 1.29 is 28.5 Å². The first-order valence-electron chi connectivity index (χ1n) is 7.60. The highest BCUT2D eigenvalue weighted by molar-refractivity contribution is 5.98. The normalized spacial score (nSPS) is 10.6. The molecule has 7 heteroatoms. The Morgan fingerprint density at radius 1 is 0.962 bits per heavy atom. The van der Waals surface area contributed by atoms with E-state index in [0.717, 1.165) is 0 Å². The van der Waals surface area contributed by atoms with Gasteiger partial charge in [0.25, 0.3) is 0 Å². The van der Waals surface area contributed by atoms with Crippen molar-refractivity contribution in [1.29, 1.82) is 0 Å². The maximum absolute atomic E-state index is 12.7. The molecule has 0 bridgehead atoms. The van der Waals surface area contributed by atoms with Crippen LogP contribution in [0.1, 0.15) is 10.4 Å². The van der Waals surface area contributed by atoms with Crippen molar-refractivity contribution in [1.82, 2.24) is 0 Å². The van der Waals surface area contributed by atoms with Gasteiger partial charge < -0.3 is 23.7 Å². The molecule has 0 saturated heterocycles. The van der Waals surface area contributed by atoms with Crippen molar-refractivity contribution in [3.63, 3.8) is 0 Å². The molecular weight excluding hydrogens is 340 g/mol. The van der Waals surface area contributed by atoms with E-state index in [2.05, 4.69) is 0 Å². The minimum Gasteiger partial charge on any atom is -0.497 e. The zero-order valence-electron chi connectivity index (χ0n) is 14.4. The molecule has 0 radical (unpaired) electrons. The number of carboxylic acids is 1. The third kappa shape index (κ3) is 2.83. The number of hydrogen-bond donors (Lipinski definition) is 1. The number of ether oxygens (including phenoxy) is 3. The van der Waals surface area contributed by atoms with Crippen LogP contribution in [0.3, 0.4) is 0 Å². The maximum Gasteiger partial charge on any atom is 0.343 e. The van der Waals surface area contributed by atoms with Gasteiger partial charge in [0.15, 0.2) is 22.8 Å². The molecular formula is C19H16O7. The Morgan fingerprint density at radius 3 is 2.31 bits per heavy atom. The summed E-state index contributed by atoms with van der Waals surface area (Å²) in [6.07, 6.45) is 0. The standard InChI is InChI=1S/C19H16O7/c1-23-11-5-6-12-14(9-11)26-18(16(17(12)20)19(21)22)10-4-7-13(24-2)15(8-10)25-3/h4-9H,1-3H3,(H,21,22). The minimum absolute atomic E-state index is 0.0655. The summed E-state index contributed by atoms with van der Waals surface area (Å²) in [4.78, 5) is 24.4. The molecule has 0 aliphatic rings. The van der Waals surface area contributed by atoms with Crippen molar-refractivity contribution >= 4 is 16.9 Å². The van der Waals surface area contributed by atoms with Gasteiger partial charge in [-0.2, -0.15) is 0 Å². The second kappa shape index (κ2) is 6.79. The molecule has 7 nitrogen and oxygen atoms in total. The Labute approximate surface area is 148 Å². The van der Waals surface area contributed by atoms with Crippen molar-refractivity contribution in [2.24, 2.45) is 0 Å². The van der Waals surface area contributed by atoms with Crippen LogP contribution in [0.2, 0.25) is 0 Å². The lowest BCUT2D eigenvalue weighted by atomic mass is 10.0. The molecule has 0 fully saturated rings. The summed E-state index contributed by atoms with van der Waals surface area (Å²) in [6.45, 7) is 0. The van der Waals surface area contributed by atoms with Gasteiger partial charge in [-0.3, -0.25) is 4.79 Å². The largest absolute Gasteiger partial charge is 0.497 e. The van der Waals surface area contributed by atoms with Crippen LogP contribution < -0.4 is 19.6 Å². The fourth-order valence-corrected chi connectivity index (χ4v) is 2.68. The Morgan fingerprint density at radius 2 is 1.69 bits per heavy atom. The molecule has 0 atom stereocenters. The Kier molecular flexibility index (Phi) is 4.53. The Bertz CT molecular complexity index is 1050. The van der Waals surface area contributed by atoms with Crippen LogP contribution in [-0.2, 0) is 0 Å². The summed E-state index contributed by atoms with van der Waals surface area (Å²) >= 11 is 0. The van der Waals surface area contributed by atoms with Crippen molar-refractivity contribution in [2.45, 2.75) is 0 Å². The van der Waals surface area contributed by atoms with E-state index in [0.29, 0.717) is 22.8 Å². The Hall–Kier alpha value is -3.48. The van der Waals surface area contributed by atoms with Crippen LogP contribution in [0.15, 0.2) is 45.6 Å². The van der Waals surface area contributed by atoms with E-state index in [1.54, 1.807) is 24.3 Å². The van der Waals surface area contributed by atoms with E-state index < -0.39 is 17.0 Å². The van der Waals surface area contributed by atoms with Crippen LogP contribution in [0.4, 0.5) is 0 Å². The average molecular weight is 356 g/mol. The fourth-order valence-electron chi connectivity index (χ4n) is 2.68. The molecule has 1 heterocycles. The second-order valence-electron chi connectivity index (χ2n) is 5.37. The SMILES string of the molecule is COc1ccc2c(=O)c(C(=O)O)c(-c3ccc(OC)c(OC)c3)oc2c1. The van der Waals surface area contributed by atoms with Crippen molar-refractivity contribution in [3.05, 3.63) is 52.2 Å². The van der Waals surface area contributed by atoms with Gasteiger partial charge in [0.05, 0.1) is 26.7 Å². The van der Waals surface area contributed by atoms with Gasteiger partial charge in [-0.25, -0.2) is 4.79 Å². The van der Waals surface area contributed by atoms with Gasteiger partial charge in [0.2, 0.25) is 5.43 Å². The van der Waals surface area contributed by atoms with Crippen LogP contribution in [0.5, 0.6) is 17.2 Å². The lowest BCUT2D eigenvalue weighted by Crippen LogP contribution is -2.16. The summed E-state index contributed by atoms with van der Waals surface area (Å²) in [5, 5.41) is 9.71. The third-order valence-corrected chi connectivity index (χ3v) is 3.96. The number of carbonyl (C=O) groups is 1. The topological polar surface area (TPSA) is 95.2 Å². The second-order valence-corrected chi connectivity index (χ2v) is 5.37. The van der Waals surface area contributed by atoms with E-state index in [1.165, 1.54) is 33.5 Å². The summed E-state index contributed by atoms with van der Waals surface area (Å²) in [7, 11) is 4.43. The van der Waals surface area contributed by atoms with Gasteiger partial charge in [0, 0.05) is 11.6 Å². The number of aromatic carboxylic acids is 1. The maximum atomic E-state index is 12.7. The molecule has 0 aliphatic carbocycles. The first-order valence-corrected chi connectivity index (χ1v) is 7.60. The van der Waals surface area contributed by atoms with E-state index in [9.17, 15) is 14.7 Å². The highest BCUT2D eigenvalue weighted by Gasteiger charge is 2.23. The fraction of sp³-hybridized carbons (Fsp3) is 0.158. The van der Waals surface area contributed by atoms with Crippen LogP contribution >= 0.6 is 0 Å². The molecule has 1 N–H and O–H groups in total. The quantitative estimate of drug-likeness (QED) is 0.750. The van der Waals surface area contributed by atoms with Crippen molar-refractivity contribution in [3.8, 4) is 28.6 Å². The number of benzene rings is 2. The summed E-state index contributed by atoms with van der Waals surface area (Å²) < 4.78 is 21.3. The molecule has 1 aromatic heterocycles. The molecule has 26 heavy (non-hydrogen) atoms. The van der Waals surface area contributed by atoms with E-state index in [4.69, 9.17) is 18.6 Å². The predicted octanol–water partition coefficient (Wildman–Crippen LogP) is 3.18. The van der Waals surface area contributed by atoms with E-state index in [-0.39, 0.29) is 16.7 Å². The smallest absolute Gasteiger partial charge is 0.343 e. The number of methoxy groups -OCH3 is 3. The Balaban J connectivity index is 2.35. The summed E-state index contributed by atoms with van der Waals surface area (Å²) in [5.74, 6) is -0.0971.